The minimum Gasteiger partial charge on any atom is -0.301 e. The second kappa shape index (κ2) is 7.17. The summed E-state index contributed by atoms with van der Waals surface area (Å²) in [6, 6.07) is 19.1. The van der Waals surface area contributed by atoms with Crippen LogP contribution in [0.15, 0.2) is 65.9 Å². The van der Waals surface area contributed by atoms with Crippen molar-refractivity contribution in [3.63, 3.8) is 0 Å². The van der Waals surface area contributed by atoms with Crippen LogP contribution in [0.2, 0.25) is 5.02 Å². The molecule has 29 heavy (non-hydrogen) atoms. The van der Waals surface area contributed by atoms with Crippen LogP contribution in [0, 0.1) is 28.1 Å². The molecule has 2 aromatic carbocycles. The number of carbonyl (C=O) groups is 1. The Bertz CT molecular complexity index is 1050. The van der Waals surface area contributed by atoms with E-state index in [0.29, 0.717) is 23.4 Å². The van der Waals surface area contributed by atoms with Crippen molar-refractivity contribution in [2.45, 2.75) is 32.6 Å². The highest BCUT2D eigenvalue weighted by Gasteiger charge is 2.47. The highest BCUT2D eigenvalue weighted by atomic mass is 35.5. The lowest BCUT2D eigenvalue weighted by Gasteiger charge is -2.45. The maximum absolute atomic E-state index is 13.3. The zero-order valence-corrected chi connectivity index (χ0v) is 17.2. The Balaban J connectivity index is 1.98. The van der Waals surface area contributed by atoms with Gasteiger partial charge in [-0.2, -0.15) is 5.26 Å². The van der Waals surface area contributed by atoms with Gasteiger partial charge in [-0.15, -0.1) is 0 Å². The van der Waals surface area contributed by atoms with Gasteiger partial charge in [0.1, 0.15) is 11.8 Å². The molecular weight excluding hydrogens is 382 g/mol. The zero-order chi connectivity index (χ0) is 20.8. The summed E-state index contributed by atoms with van der Waals surface area (Å²) in [5, 5.41) is 19.5. The van der Waals surface area contributed by atoms with Gasteiger partial charge in [0.15, 0.2) is 5.78 Å². The molecule has 2 aromatic rings. The molecule has 2 atom stereocenters. The maximum atomic E-state index is 13.3. The van der Waals surface area contributed by atoms with E-state index in [4.69, 9.17) is 17.0 Å². The molecule has 146 valence electrons. The number of para-hydroxylation sites is 1. The highest BCUT2D eigenvalue weighted by molar-refractivity contribution is 6.30. The lowest BCUT2D eigenvalue weighted by Crippen LogP contribution is -2.48. The van der Waals surface area contributed by atoms with Gasteiger partial charge in [-0.3, -0.25) is 10.2 Å². The van der Waals surface area contributed by atoms with Gasteiger partial charge < -0.3 is 4.90 Å². The van der Waals surface area contributed by atoms with Gasteiger partial charge in [0.25, 0.3) is 0 Å². The predicted molar refractivity (Wildman–Crippen MR) is 115 cm³/mol. The van der Waals surface area contributed by atoms with Crippen molar-refractivity contribution in [2.75, 3.05) is 4.90 Å². The van der Waals surface area contributed by atoms with Crippen LogP contribution in [0.25, 0.3) is 0 Å². The van der Waals surface area contributed by atoms with E-state index in [9.17, 15) is 10.1 Å². The fraction of sp³-hybridized carbons (Fsp3) is 0.292. The number of carbonyl (C=O) groups excluding carboxylic acids is 1. The van der Waals surface area contributed by atoms with Crippen LogP contribution in [-0.2, 0) is 4.79 Å². The summed E-state index contributed by atoms with van der Waals surface area (Å²) < 4.78 is 0. The third-order valence-electron chi connectivity index (χ3n) is 5.73. The topological polar surface area (TPSA) is 68.0 Å². The Hall–Kier alpha value is -2.90. The molecule has 2 unspecified atom stereocenters. The quantitative estimate of drug-likeness (QED) is 0.698. The number of rotatable bonds is 2. The average Bonchev–Trinajstić information content (AvgIpc) is 2.67. The van der Waals surface area contributed by atoms with Crippen LogP contribution in [0.5, 0.6) is 0 Å². The molecule has 1 aliphatic heterocycles. The molecule has 0 aromatic heterocycles. The summed E-state index contributed by atoms with van der Waals surface area (Å²) in [6.45, 7) is 4.16. The van der Waals surface area contributed by atoms with E-state index in [-0.39, 0.29) is 17.0 Å². The van der Waals surface area contributed by atoms with Gasteiger partial charge in [-0.25, -0.2) is 0 Å². The second-order valence-corrected chi connectivity index (χ2v) is 8.93. The first-order valence-corrected chi connectivity index (χ1v) is 10.0. The Morgan fingerprint density at radius 1 is 1.10 bits per heavy atom. The largest absolute Gasteiger partial charge is 0.301 e. The fourth-order valence-corrected chi connectivity index (χ4v) is 4.63. The number of Topliss-reactive ketones (excluding diaryl/α,β-unsaturated/α-hetero) is 1. The van der Waals surface area contributed by atoms with Gasteiger partial charge in [0.2, 0.25) is 0 Å². The van der Waals surface area contributed by atoms with Crippen LogP contribution in [0.1, 0.15) is 38.2 Å². The molecule has 0 radical (unpaired) electrons. The van der Waals surface area contributed by atoms with Crippen molar-refractivity contribution < 1.29 is 4.79 Å². The van der Waals surface area contributed by atoms with Crippen molar-refractivity contribution in [2.24, 2.45) is 11.3 Å². The van der Waals surface area contributed by atoms with E-state index in [1.807, 2.05) is 47.4 Å². The number of allylic oxidation sites excluding steroid dienone is 2. The van der Waals surface area contributed by atoms with E-state index in [1.54, 1.807) is 12.1 Å². The molecule has 4 nitrogen and oxygen atoms in total. The van der Waals surface area contributed by atoms with Crippen LogP contribution in [0.3, 0.4) is 0 Å². The summed E-state index contributed by atoms with van der Waals surface area (Å²) in [5.74, 6) is -0.934. The van der Waals surface area contributed by atoms with Gasteiger partial charge in [0.05, 0.1) is 6.07 Å². The summed E-state index contributed by atoms with van der Waals surface area (Å²) in [6.07, 6.45) is 1.11. The van der Waals surface area contributed by atoms with Gasteiger partial charge >= 0.3 is 0 Å². The molecule has 0 fully saturated rings. The number of hydrogen-bond acceptors (Lipinski definition) is 3. The molecule has 0 amide bonds. The molecule has 5 heteroatoms. The van der Waals surface area contributed by atoms with Gasteiger partial charge in [0, 0.05) is 34.3 Å². The third kappa shape index (κ3) is 3.36. The minimum atomic E-state index is -0.750. The molecule has 2 aliphatic rings. The minimum absolute atomic E-state index is 0.0601. The monoisotopic (exact) mass is 403 g/mol. The average molecular weight is 404 g/mol. The standard InChI is InChI=1S/C24H22ClN3O/c1-24(2)12-19-22(20(29)13-24)21(15-8-10-16(25)11-9-15)18(14-26)23(27)28(19)17-6-4-3-5-7-17/h3-11,18,21,27H,12-13H2,1-2H3. The molecule has 0 bridgehead atoms. The van der Waals surface area contributed by atoms with E-state index in [2.05, 4.69) is 19.9 Å². The number of ketones is 1. The van der Waals surface area contributed by atoms with Crippen LogP contribution >= 0.6 is 11.6 Å². The Morgan fingerprint density at radius 2 is 1.76 bits per heavy atom. The first-order valence-electron chi connectivity index (χ1n) is 9.67. The third-order valence-corrected chi connectivity index (χ3v) is 5.98. The summed E-state index contributed by atoms with van der Waals surface area (Å²) >= 11 is 6.06. The summed E-state index contributed by atoms with van der Waals surface area (Å²) in [7, 11) is 0. The van der Waals surface area contributed by atoms with E-state index in [0.717, 1.165) is 16.9 Å². The maximum Gasteiger partial charge on any atom is 0.161 e. The Kier molecular flexibility index (Phi) is 4.80. The smallest absolute Gasteiger partial charge is 0.161 e. The summed E-state index contributed by atoms with van der Waals surface area (Å²) in [4.78, 5) is 15.2. The predicted octanol–water partition coefficient (Wildman–Crippen LogP) is 5.70. The SMILES string of the molecule is CC1(C)CC(=O)C2=C(C1)N(c1ccccc1)C(=N)C(C#N)C2c1ccc(Cl)cc1. The van der Waals surface area contributed by atoms with Gasteiger partial charge in [-0.05, 0) is 41.7 Å². The number of benzene rings is 2. The lowest BCUT2D eigenvalue weighted by atomic mass is 9.66. The second-order valence-electron chi connectivity index (χ2n) is 8.49. The lowest BCUT2D eigenvalue weighted by molar-refractivity contribution is -0.118. The number of amidine groups is 1. The van der Waals surface area contributed by atoms with Crippen LogP contribution < -0.4 is 4.90 Å². The first-order chi connectivity index (χ1) is 13.8. The van der Waals surface area contributed by atoms with Crippen LogP contribution in [0.4, 0.5) is 5.69 Å². The number of nitriles is 1. The number of hydrogen-bond donors (Lipinski definition) is 1. The molecule has 0 saturated carbocycles. The molecule has 0 spiro atoms. The van der Waals surface area contributed by atoms with Crippen molar-refractivity contribution in [1.29, 1.82) is 10.7 Å². The van der Waals surface area contributed by atoms with E-state index >= 15 is 0 Å². The molecular formula is C24H22ClN3O. The van der Waals surface area contributed by atoms with Crippen molar-refractivity contribution in [3.8, 4) is 6.07 Å². The van der Waals surface area contributed by atoms with Crippen molar-refractivity contribution >= 4 is 28.9 Å². The number of halogens is 1. The normalized spacial score (nSPS) is 23.6. The summed E-state index contributed by atoms with van der Waals surface area (Å²) in [5.41, 5.74) is 2.96. The molecule has 0 saturated heterocycles. The van der Waals surface area contributed by atoms with E-state index in [1.165, 1.54) is 0 Å². The number of nitrogens with one attached hydrogen (secondary N) is 1. The molecule has 1 N–H and O–H groups in total. The van der Waals surface area contributed by atoms with Crippen LogP contribution in [-0.4, -0.2) is 11.6 Å². The van der Waals surface area contributed by atoms with E-state index < -0.39 is 11.8 Å². The molecule has 4 rings (SSSR count). The highest BCUT2D eigenvalue weighted by Crippen LogP contribution is 2.50. The number of anilines is 1. The van der Waals surface area contributed by atoms with Gasteiger partial charge in [-0.1, -0.05) is 55.8 Å². The zero-order valence-electron chi connectivity index (χ0n) is 16.4. The number of nitrogens with zero attached hydrogens (tertiary/aromatic N) is 2. The Labute approximate surface area is 175 Å². The Morgan fingerprint density at radius 3 is 2.38 bits per heavy atom. The van der Waals surface area contributed by atoms with Crippen molar-refractivity contribution in [3.05, 3.63) is 76.5 Å². The molecule has 1 heterocycles. The fourth-order valence-electron chi connectivity index (χ4n) is 4.50. The van der Waals surface area contributed by atoms with Crippen molar-refractivity contribution in [1.82, 2.24) is 0 Å². The molecule has 1 aliphatic carbocycles. The first kappa shape index (κ1) is 19.4.